The molecule has 0 fully saturated rings. The number of rotatable bonds is 3. The fourth-order valence-corrected chi connectivity index (χ4v) is 1.89. The molecule has 0 aliphatic rings. The Morgan fingerprint density at radius 1 is 1.39 bits per heavy atom. The molecule has 0 unspecified atom stereocenters. The van der Waals surface area contributed by atoms with Crippen molar-refractivity contribution in [2.24, 2.45) is 0 Å². The number of benzene rings is 1. The van der Waals surface area contributed by atoms with Crippen LogP contribution in [0.5, 0.6) is 5.75 Å². The van der Waals surface area contributed by atoms with E-state index in [9.17, 15) is 9.90 Å². The fraction of sp³-hybridized carbons (Fsp3) is 0.231. The van der Waals surface area contributed by atoms with Crippen LogP contribution in [0.1, 0.15) is 21.6 Å². The first-order valence-corrected chi connectivity index (χ1v) is 5.48. The van der Waals surface area contributed by atoms with Gasteiger partial charge in [-0.1, -0.05) is 11.6 Å². The van der Waals surface area contributed by atoms with E-state index in [1.807, 2.05) is 19.1 Å². The van der Waals surface area contributed by atoms with Gasteiger partial charge in [-0.25, -0.2) is 4.79 Å². The third-order valence-corrected chi connectivity index (χ3v) is 2.77. The number of carboxylic acid groups (broad SMARTS) is 1. The average Bonchev–Trinajstić information content (AvgIpc) is 2.71. The molecule has 0 atom stereocenters. The predicted molar refractivity (Wildman–Crippen MR) is 67.0 cm³/mol. The molecule has 0 radical (unpaired) electrons. The van der Waals surface area contributed by atoms with Gasteiger partial charge < -0.3 is 9.84 Å². The zero-order valence-electron chi connectivity index (χ0n) is 10.4. The lowest BCUT2D eigenvalue weighted by Gasteiger charge is -2.08. The zero-order chi connectivity index (χ0) is 13.3. The molecule has 0 saturated carbocycles. The van der Waals surface area contributed by atoms with Gasteiger partial charge in [0.15, 0.2) is 0 Å². The number of aromatic amines is 1. The van der Waals surface area contributed by atoms with Crippen molar-refractivity contribution in [3.05, 3.63) is 35.0 Å². The van der Waals surface area contributed by atoms with Crippen LogP contribution < -0.4 is 4.74 Å². The predicted octanol–water partition coefficient (Wildman–Crippen LogP) is 2.40. The SMILES string of the molecule is COc1ccc(C)cc1-c1n[nH]c(C)c1C(=O)O. The average molecular weight is 246 g/mol. The van der Waals surface area contributed by atoms with Crippen molar-refractivity contribution in [1.82, 2.24) is 10.2 Å². The number of carboxylic acids is 1. The third-order valence-electron chi connectivity index (χ3n) is 2.77. The first-order chi connectivity index (χ1) is 8.54. The van der Waals surface area contributed by atoms with Gasteiger partial charge in [0, 0.05) is 11.3 Å². The van der Waals surface area contributed by atoms with Gasteiger partial charge in [-0.3, -0.25) is 5.10 Å². The van der Waals surface area contributed by atoms with Gasteiger partial charge in [0.25, 0.3) is 0 Å². The molecule has 5 heteroatoms. The van der Waals surface area contributed by atoms with Crippen LogP contribution in [0.15, 0.2) is 18.2 Å². The van der Waals surface area contributed by atoms with Crippen molar-refractivity contribution < 1.29 is 14.6 Å². The second-order valence-corrected chi connectivity index (χ2v) is 4.08. The topological polar surface area (TPSA) is 75.2 Å². The molecule has 1 aromatic carbocycles. The van der Waals surface area contributed by atoms with Gasteiger partial charge >= 0.3 is 5.97 Å². The number of H-pyrrole nitrogens is 1. The number of methoxy groups -OCH3 is 1. The zero-order valence-corrected chi connectivity index (χ0v) is 10.4. The summed E-state index contributed by atoms with van der Waals surface area (Å²) in [5.41, 5.74) is 2.81. The Balaban J connectivity index is 2.69. The fourth-order valence-electron chi connectivity index (χ4n) is 1.89. The molecule has 0 bridgehead atoms. The van der Waals surface area contributed by atoms with Crippen LogP contribution in [0, 0.1) is 13.8 Å². The summed E-state index contributed by atoms with van der Waals surface area (Å²) in [6, 6.07) is 5.57. The minimum atomic E-state index is -1.00. The van der Waals surface area contributed by atoms with Crippen LogP contribution in [0.2, 0.25) is 0 Å². The van der Waals surface area contributed by atoms with E-state index in [2.05, 4.69) is 10.2 Å². The Kier molecular flexibility index (Phi) is 3.06. The Morgan fingerprint density at radius 2 is 2.11 bits per heavy atom. The highest BCUT2D eigenvalue weighted by atomic mass is 16.5. The molecular weight excluding hydrogens is 232 g/mol. The van der Waals surface area contributed by atoms with Gasteiger partial charge in [-0.15, -0.1) is 0 Å². The van der Waals surface area contributed by atoms with Crippen molar-refractivity contribution in [3.8, 4) is 17.0 Å². The van der Waals surface area contributed by atoms with Crippen molar-refractivity contribution in [2.75, 3.05) is 7.11 Å². The Labute approximate surface area is 104 Å². The van der Waals surface area contributed by atoms with Crippen LogP contribution in [-0.4, -0.2) is 28.4 Å². The highest BCUT2D eigenvalue weighted by Gasteiger charge is 2.21. The summed E-state index contributed by atoms with van der Waals surface area (Å²) in [7, 11) is 1.55. The standard InChI is InChI=1S/C13H14N2O3/c1-7-4-5-10(18-3)9(6-7)12-11(13(16)17)8(2)14-15-12/h4-6H,1-3H3,(H,14,15)(H,16,17). The lowest BCUT2D eigenvalue weighted by Crippen LogP contribution is -2.00. The summed E-state index contributed by atoms with van der Waals surface area (Å²) in [5.74, 6) is -0.394. The van der Waals surface area contributed by atoms with E-state index in [-0.39, 0.29) is 5.56 Å². The van der Waals surface area contributed by atoms with Crippen molar-refractivity contribution in [2.45, 2.75) is 13.8 Å². The molecule has 5 nitrogen and oxygen atoms in total. The highest BCUT2D eigenvalue weighted by Crippen LogP contribution is 2.32. The van der Waals surface area contributed by atoms with E-state index in [1.165, 1.54) is 0 Å². The second-order valence-electron chi connectivity index (χ2n) is 4.08. The molecule has 1 heterocycles. The van der Waals surface area contributed by atoms with Crippen molar-refractivity contribution in [3.63, 3.8) is 0 Å². The van der Waals surface area contributed by atoms with E-state index in [4.69, 9.17) is 4.74 Å². The molecule has 2 rings (SSSR count). The minimum absolute atomic E-state index is 0.180. The molecule has 2 N–H and O–H groups in total. The monoisotopic (exact) mass is 246 g/mol. The van der Waals surface area contributed by atoms with Crippen LogP contribution in [0.25, 0.3) is 11.3 Å². The van der Waals surface area contributed by atoms with Crippen LogP contribution in [0.4, 0.5) is 0 Å². The van der Waals surface area contributed by atoms with E-state index >= 15 is 0 Å². The minimum Gasteiger partial charge on any atom is -0.496 e. The van der Waals surface area contributed by atoms with E-state index in [0.717, 1.165) is 5.56 Å². The lowest BCUT2D eigenvalue weighted by atomic mass is 10.0. The second kappa shape index (κ2) is 4.52. The van der Waals surface area contributed by atoms with Crippen LogP contribution in [0.3, 0.4) is 0 Å². The summed E-state index contributed by atoms with van der Waals surface area (Å²) in [6.07, 6.45) is 0. The van der Waals surface area contributed by atoms with E-state index in [1.54, 1.807) is 20.1 Å². The summed E-state index contributed by atoms with van der Waals surface area (Å²) in [5, 5.41) is 16.0. The normalized spacial score (nSPS) is 10.4. The summed E-state index contributed by atoms with van der Waals surface area (Å²) >= 11 is 0. The highest BCUT2D eigenvalue weighted by molar-refractivity contribution is 5.96. The molecule has 0 aliphatic carbocycles. The number of hydrogen-bond acceptors (Lipinski definition) is 3. The number of carbonyl (C=O) groups is 1. The van der Waals surface area contributed by atoms with E-state index in [0.29, 0.717) is 22.7 Å². The quantitative estimate of drug-likeness (QED) is 0.872. The Hall–Kier alpha value is -2.30. The molecule has 2 aromatic rings. The lowest BCUT2D eigenvalue weighted by molar-refractivity contribution is 0.0697. The Bertz CT molecular complexity index is 602. The number of nitrogens with one attached hydrogen (secondary N) is 1. The number of nitrogens with zero attached hydrogens (tertiary/aromatic N) is 1. The van der Waals surface area contributed by atoms with Gasteiger partial charge in [0.1, 0.15) is 17.0 Å². The summed E-state index contributed by atoms with van der Waals surface area (Å²) in [6.45, 7) is 3.62. The smallest absolute Gasteiger partial charge is 0.339 e. The molecule has 1 aromatic heterocycles. The number of aryl methyl sites for hydroxylation is 2. The largest absolute Gasteiger partial charge is 0.496 e. The first-order valence-electron chi connectivity index (χ1n) is 5.48. The van der Waals surface area contributed by atoms with Gasteiger partial charge in [0.2, 0.25) is 0 Å². The molecule has 0 amide bonds. The van der Waals surface area contributed by atoms with Gasteiger partial charge in [-0.05, 0) is 26.0 Å². The molecule has 94 valence electrons. The molecule has 0 aliphatic heterocycles. The summed E-state index contributed by atoms with van der Waals surface area (Å²) in [4.78, 5) is 11.3. The van der Waals surface area contributed by atoms with Gasteiger partial charge in [-0.2, -0.15) is 5.10 Å². The van der Waals surface area contributed by atoms with Crippen molar-refractivity contribution >= 4 is 5.97 Å². The molecule has 0 saturated heterocycles. The van der Waals surface area contributed by atoms with Crippen molar-refractivity contribution in [1.29, 1.82) is 0 Å². The molecule has 18 heavy (non-hydrogen) atoms. The van der Waals surface area contributed by atoms with Crippen LogP contribution >= 0.6 is 0 Å². The number of ether oxygens (including phenoxy) is 1. The van der Waals surface area contributed by atoms with E-state index < -0.39 is 5.97 Å². The third kappa shape index (κ3) is 1.95. The van der Waals surface area contributed by atoms with Gasteiger partial charge in [0.05, 0.1) is 7.11 Å². The maximum absolute atomic E-state index is 11.3. The molecular formula is C13H14N2O3. The maximum atomic E-state index is 11.3. The summed E-state index contributed by atoms with van der Waals surface area (Å²) < 4.78 is 5.25. The number of aromatic carboxylic acids is 1. The molecule has 0 spiro atoms. The van der Waals surface area contributed by atoms with Crippen LogP contribution in [-0.2, 0) is 0 Å². The maximum Gasteiger partial charge on any atom is 0.339 e. The number of aromatic nitrogens is 2. The number of hydrogen-bond donors (Lipinski definition) is 2. The first kappa shape index (κ1) is 12.2. The Morgan fingerprint density at radius 3 is 2.72 bits per heavy atom.